The van der Waals surface area contributed by atoms with Crippen molar-refractivity contribution < 1.29 is 4.42 Å². The highest BCUT2D eigenvalue weighted by atomic mass is 16.3. The first-order valence-electron chi connectivity index (χ1n) is 5.26. The van der Waals surface area contributed by atoms with Crippen LogP contribution < -0.4 is 11.3 Å². The lowest BCUT2D eigenvalue weighted by Gasteiger charge is -2.12. The molecule has 0 aliphatic carbocycles. The summed E-state index contributed by atoms with van der Waals surface area (Å²) in [6.45, 7) is 0. The van der Waals surface area contributed by atoms with Gasteiger partial charge >= 0.3 is 0 Å². The third-order valence-electron chi connectivity index (χ3n) is 2.57. The van der Waals surface area contributed by atoms with Gasteiger partial charge in [-0.3, -0.25) is 10.5 Å². The molecule has 0 aliphatic heterocycles. The fourth-order valence-corrected chi connectivity index (χ4v) is 1.71. The zero-order valence-corrected chi connectivity index (χ0v) is 9.26. The van der Waals surface area contributed by atoms with Crippen molar-refractivity contribution in [3.05, 3.63) is 42.1 Å². The Kier molecular flexibility index (Phi) is 3.38. The Morgan fingerprint density at radius 1 is 1.62 bits per heavy atom. The molecule has 5 nitrogen and oxygen atoms in total. The number of nitrogens with two attached hydrogens (primary N) is 1. The number of hydrogen-bond acceptors (Lipinski definition) is 4. The van der Waals surface area contributed by atoms with Gasteiger partial charge in [0, 0.05) is 13.2 Å². The van der Waals surface area contributed by atoms with Crippen LogP contribution in [0, 0.1) is 0 Å². The van der Waals surface area contributed by atoms with Gasteiger partial charge in [-0.2, -0.15) is 5.10 Å². The SMILES string of the molecule is Cn1cc(CCC(NN)c2ccco2)cn1. The molecular formula is C11H16N4O. The van der Waals surface area contributed by atoms with Crippen molar-refractivity contribution in [3.8, 4) is 0 Å². The second-order valence-corrected chi connectivity index (χ2v) is 3.80. The molecule has 0 bridgehead atoms. The second kappa shape index (κ2) is 4.96. The smallest absolute Gasteiger partial charge is 0.122 e. The predicted octanol–water partition coefficient (Wildman–Crippen LogP) is 1.15. The number of nitrogens with one attached hydrogen (secondary N) is 1. The third kappa shape index (κ3) is 2.50. The summed E-state index contributed by atoms with van der Waals surface area (Å²) in [5, 5.41) is 4.12. The van der Waals surface area contributed by atoms with E-state index in [4.69, 9.17) is 10.3 Å². The molecule has 0 saturated carbocycles. The standard InChI is InChI=1S/C11H16N4O/c1-15-8-9(7-13-15)4-5-10(14-12)11-3-2-6-16-11/h2-3,6-8,10,14H,4-5,12H2,1H3. The highest BCUT2D eigenvalue weighted by Gasteiger charge is 2.12. The van der Waals surface area contributed by atoms with Gasteiger partial charge in [-0.15, -0.1) is 0 Å². The molecule has 0 aliphatic rings. The van der Waals surface area contributed by atoms with Gasteiger partial charge in [0.05, 0.1) is 18.5 Å². The van der Waals surface area contributed by atoms with Gasteiger partial charge < -0.3 is 4.42 Å². The van der Waals surface area contributed by atoms with Gasteiger partial charge in [0.25, 0.3) is 0 Å². The molecule has 3 N–H and O–H groups in total. The fourth-order valence-electron chi connectivity index (χ4n) is 1.71. The van der Waals surface area contributed by atoms with E-state index in [1.54, 1.807) is 10.9 Å². The first-order chi connectivity index (χ1) is 7.79. The van der Waals surface area contributed by atoms with Crippen LogP contribution in [0.2, 0.25) is 0 Å². The monoisotopic (exact) mass is 220 g/mol. The van der Waals surface area contributed by atoms with Crippen molar-refractivity contribution in [1.29, 1.82) is 0 Å². The summed E-state index contributed by atoms with van der Waals surface area (Å²) >= 11 is 0. The minimum atomic E-state index is 0.0511. The highest BCUT2D eigenvalue weighted by Crippen LogP contribution is 2.18. The summed E-state index contributed by atoms with van der Waals surface area (Å²) in [4.78, 5) is 0. The number of aromatic nitrogens is 2. The van der Waals surface area contributed by atoms with Gasteiger partial charge in [-0.25, -0.2) is 5.43 Å². The molecule has 2 rings (SSSR count). The van der Waals surface area contributed by atoms with Crippen molar-refractivity contribution in [2.75, 3.05) is 0 Å². The van der Waals surface area contributed by atoms with Crippen molar-refractivity contribution in [1.82, 2.24) is 15.2 Å². The van der Waals surface area contributed by atoms with Gasteiger partial charge in [0.1, 0.15) is 5.76 Å². The van der Waals surface area contributed by atoms with Crippen LogP contribution in [-0.2, 0) is 13.5 Å². The van der Waals surface area contributed by atoms with Crippen LogP contribution in [-0.4, -0.2) is 9.78 Å². The van der Waals surface area contributed by atoms with E-state index in [-0.39, 0.29) is 6.04 Å². The van der Waals surface area contributed by atoms with Crippen LogP contribution in [0.1, 0.15) is 23.8 Å². The molecule has 0 amide bonds. The average Bonchev–Trinajstić information content (AvgIpc) is 2.91. The van der Waals surface area contributed by atoms with Gasteiger partial charge in [0.15, 0.2) is 0 Å². The summed E-state index contributed by atoms with van der Waals surface area (Å²) in [5.74, 6) is 6.37. The summed E-state index contributed by atoms with van der Waals surface area (Å²) in [7, 11) is 1.91. The number of aryl methyl sites for hydroxylation is 2. The summed E-state index contributed by atoms with van der Waals surface area (Å²) in [6, 6.07) is 3.84. The van der Waals surface area contributed by atoms with Crippen molar-refractivity contribution >= 4 is 0 Å². The summed E-state index contributed by atoms with van der Waals surface area (Å²) < 4.78 is 7.12. The van der Waals surface area contributed by atoms with Crippen molar-refractivity contribution in [2.45, 2.75) is 18.9 Å². The minimum Gasteiger partial charge on any atom is -0.468 e. The van der Waals surface area contributed by atoms with Crippen LogP contribution >= 0.6 is 0 Å². The van der Waals surface area contributed by atoms with Gasteiger partial charge in [-0.05, 0) is 30.5 Å². The van der Waals surface area contributed by atoms with Crippen LogP contribution in [0.3, 0.4) is 0 Å². The normalized spacial score (nSPS) is 12.9. The first-order valence-corrected chi connectivity index (χ1v) is 5.26. The summed E-state index contributed by atoms with van der Waals surface area (Å²) in [6.07, 6.45) is 7.34. The molecule has 0 saturated heterocycles. The van der Waals surface area contributed by atoms with E-state index >= 15 is 0 Å². The van der Waals surface area contributed by atoms with Crippen LogP contribution in [0.15, 0.2) is 35.2 Å². The Bertz CT molecular complexity index is 421. The molecule has 0 spiro atoms. The Hall–Kier alpha value is -1.59. The predicted molar refractivity (Wildman–Crippen MR) is 60.3 cm³/mol. The maximum atomic E-state index is 5.50. The van der Waals surface area contributed by atoms with Crippen LogP contribution in [0.4, 0.5) is 0 Å². The van der Waals surface area contributed by atoms with Gasteiger partial charge in [-0.1, -0.05) is 0 Å². The second-order valence-electron chi connectivity index (χ2n) is 3.80. The Morgan fingerprint density at radius 2 is 2.50 bits per heavy atom. The fraction of sp³-hybridized carbons (Fsp3) is 0.364. The number of hydrazine groups is 1. The lowest BCUT2D eigenvalue weighted by Crippen LogP contribution is -2.28. The van der Waals surface area contributed by atoms with E-state index in [1.165, 1.54) is 5.56 Å². The van der Waals surface area contributed by atoms with Crippen LogP contribution in [0.25, 0.3) is 0 Å². The minimum absolute atomic E-state index is 0.0511. The van der Waals surface area contributed by atoms with E-state index in [9.17, 15) is 0 Å². The quantitative estimate of drug-likeness (QED) is 0.586. The van der Waals surface area contributed by atoms with Gasteiger partial charge in [0.2, 0.25) is 0 Å². The van der Waals surface area contributed by atoms with E-state index in [1.807, 2.05) is 31.6 Å². The molecule has 1 atom stereocenters. The van der Waals surface area contributed by atoms with E-state index in [0.717, 1.165) is 18.6 Å². The van der Waals surface area contributed by atoms with Crippen molar-refractivity contribution in [3.63, 3.8) is 0 Å². The maximum absolute atomic E-state index is 5.50. The Labute approximate surface area is 94.2 Å². The van der Waals surface area contributed by atoms with Crippen molar-refractivity contribution in [2.24, 2.45) is 12.9 Å². The molecule has 16 heavy (non-hydrogen) atoms. The molecule has 1 unspecified atom stereocenters. The number of nitrogens with zero attached hydrogens (tertiary/aromatic N) is 2. The molecule has 2 aromatic rings. The highest BCUT2D eigenvalue weighted by molar-refractivity contribution is 5.08. The maximum Gasteiger partial charge on any atom is 0.122 e. The summed E-state index contributed by atoms with van der Waals surface area (Å²) in [5.41, 5.74) is 3.96. The first kappa shape index (κ1) is 10.9. The topological polar surface area (TPSA) is 69.0 Å². The number of furan rings is 1. The lowest BCUT2D eigenvalue weighted by atomic mass is 10.1. The lowest BCUT2D eigenvalue weighted by molar-refractivity contribution is 0.401. The Balaban J connectivity index is 1.93. The molecule has 2 aromatic heterocycles. The molecule has 5 heteroatoms. The largest absolute Gasteiger partial charge is 0.468 e. The molecule has 0 fully saturated rings. The molecule has 0 aromatic carbocycles. The van der Waals surface area contributed by atoms with E-state index in [0.29, 0.717) is 0 Å². The molecule has 0 radical (unpaired) electrons. The zero-order valence-electron chi connectivity index (χ0n) is 9.26. The third-order valence-corrected chi connectivity index (χ3v) is 2.57. The zero-order chi connectivity index (χ0) is 11.4. The van der Waals surface area contributed by atoms with E-state index in [2.05, 4.69) is 10.5 Å². The Morgan fingerprint density at radius 3 is 3.06 bits per heavy atom. The molecule has 2 heterocycles. The number of rotatable bonds is 5. The molecular weight excluding hydrogens is 204 g/mol. The van der Waals surface area contributed by atoms with Crippen LogP contribution in [0.5, 0.6) is 0 Å². The number of hydrogen-bond donors (Lipinski definition) is 2. The van der Waals surface area contributed by atoms with E-state index < -0.39 is 0 Å². The average molecular weight is 220 g/mol. The molecule has 86 valence electrons.